The van der Waals surface area contributed by atoms with Crippen molar-refractivity contribution in [2.75, 3.05) is 0 Å². The highest BCUT2D eigenvalue weighted by Crippen LogP contribution is 2.18. The molecule has 0 aromatic carbocycles. The predicted molar refractivity (Wildman–Crippen MR) is 41.7 cm³/mol. The second-order valence-corrected chi connectivity index (χ2v) is 3.17. The van der Waals surface area contributed by atoms with Crippen molar-refractivity contribution in [3.05, 3.63) is 0 Å². The monoisotopic (exact) mass is 160 g/mol. The van der Waals surface area contributed by atoms with Crippen molar-refractivity contribution in [1.29, 1.82) is 0 Å². The molecule has 4 heteroatoms. The molecule has 1 unspecified atom stereocenters. The van der Waals surface area contributed by atoms with Crippen LogP contribution in [0.4, 0.5) is 0 Å². The summed E-state index contributed by atoms with van der Waals surface area (Å²) in [5.41, 5.74) is 11.1. The molecular weight excluding hydrogens is 144 g/mol. The molecule has 0 aromatic heterocycles. The van der Waals surface area contributed by atoms with Crippen molar-refractivity contribution >= 4 is 0 Å². The molecule has 4 atom stereocenters. The van der Waals surface area contributed by atoms with Crippen LogP contribution in [0.3, 0.4) is 0 Å². The van der Waals surface area contributed by atoms with Crippen molar-refractivity contribution in [2.45, 2.75) is 44.2 Å². The van der Waals surface area contributed by atoms with Crippen LogP contribution in [0.2, 0.25) is 0 Å². The van der Waals surface area contributed by atoms with E-state index in [0.717, 1.165) is 12.8 Å². The summed E-state index contributed by atoms with van der Waals surface area (Å²) in [5, 5.41) is 9.19. The molecule has 0 amide bonds. The molecule has 0 radical (unpaired) electrons. The maximum Gasteiger partial charge on any atom is 0.170 e. The Kier molecular flexibility index (Phi) is 2.84. The highest BCUT2D eigenvalue weighted by atomic mass is 16.6. The topological polar surface area (TPSA) is 81.5 Å². The normalized spacial score (nSPS) is 42.0. The van der Waals surface area contributed by atoms with E-state index in [2.05, 4.69) is 0 Å². The molecule has 1 rings (SSSR count). The van der Waals surface area contributed by atoms with Gasteiger partial charge in [-0.2, -0.15) is 0 Å². The van der Waals surface area contributed by atoms with Gasteiger partial charge in [-0.3, -0.25) is 0 Å². The Labute approximate surface area is 66.5 Å². The summed E-state index contributed by atoms with van der Waals surface area (Å²) >= 11 is 0. The lowest BCUT2D eigenvalue weighted by Gasteiger charge is -2.33. The number of hydrogen-bond donors (Lipinski definition) is 3. The van der Waals surface area contributed by atoms with Crippen molar-refractivity contribution in [1.82, 2.24) is 0 Å². The molecule has 66 valence electrons. The van der Waals surface area contributed by atoms with Crippen LogP contribution in [0, 0.1) is 0 Å². The van der Waals surface area contributed by atoms with E-state index >= 15 is 0 Å². The van der Waals surface area contributed by atoms with E-state index in [1.54, 1.807) is 0 Å². The van der Waals surface area contributed by atoms with E-state index in [0.29, 0.717) is 0 Å². The SMILES string of the molecule is C[C@H](N)[C@@H]1CC[C@@H](N)C(O)O1. The van der Waals surface area contributed by atoms with Crippen molar-refractivity contribution in [3.8, 4) is 0 Å². The van der Waals surface area contributed by atoms with Gasteiger partial charge in [0.1, 0.15) is 0 Å². The Bertz CT molecular complexity index is 130. The first-order chi connectivity index (χ1) is 5.11. The zero-order chi connectivity index (χ0) is 8.43. The van der Waals surface area contributed by atoms with E-state index in [1.165, 1.54) is 0 Å². The van der Waals surface area contributed by atoms with Crippen molar-refractivity contribution in [3.63, 3.8) is 0 Å². The van der Waals surface area contributed by atoms with Gasteiger partial charge in [-0.05, 0) is 19.8 Å². The summed E-state index contributed by atoms with van der Waals surface area (Å²) < 4.78 is 5.17. The fourth-order valence-electron chi connectivity index (χ4n) is 1.23. The Morgan fingerprint density at radius 2 is 2.18 bits per heavy atom. The van der Waals surface area contributed by atoms with Crippen LogP contribution < -0.4 is 11.5 Å². The minimum Gasteiger partial charge on any atom is -0.367 e. The summed E-state index contributed by atoms with van der Waals surface area (Å²) in [5.74, 6) is 0. The molecule has 0 bridgehead atoms. The van der Waals surface area contributed by atoms with Gasteiger partial charge in [0, 0.05) is 6.04 Å². The summed E-state index contributed by atoms with van der Waals surface area (Å²) in [6.45, 7) is 1.87. The average molecular weight is 160 g/mol. The lowest BCUT2D eigenvalue weighted by atomic mass is 10.0. The van der Waals surface area contributed by atoms with Gasteiger partial charge in [-0.15, -0.1) is 0 Å². The average Bonchev–Trinajstić information content (AvgIpc) is 1.94. The molecule has 0 saturated carbocycles. The lowest BCUT2D eigenvalue weighted by molar-refractivity contribution is -0.176. The highest BCUT2D eigenvalue weighted by molar-refractivity contribution is 4.79. The van der Waals surface area contributed by atoms with Crippen molar-refractivity contribution < 1.29 is 9.84 Å². The Hall–Kier alpha value is -0.160. The molecule has 1 heterocycles. The zero-order valence-electron chi connectivity index (χ0n) is 6.73. The van der Waals surface area contributed by atoms with E-state index in [-0.39, 0.29) is 18.2 Å². The van der Waals surface area contributed by atoms with Crippen LogP contribution in [0.5, 0.6) is 0 Å². The van der Waals surface area contributed by atoms with Crippen LogP contribution >= 0.6 is 0 Å². The van der Waals surface area contributed by atoms with Gasteiger partial charge < -0.3 is 21.3 Å². The van der Waals surface area contributed by atoms with Gasteiger partial charge in [0.15, 0.2) is 6.29 Å². The minimum atomic E-state index is -0.834. The molecule has 0 aromatic rings. The van der Waals surface area contributed by atoms with E-state index in [1.807, 2.05) is 6.92 Å². The highest BCUT2D eigenvalue weighted by Gasteiger charge is 2.28. The quantitative estimate of drug-likeness (QED) is 0.467. The number of aliphatic hydroxyl groups excluding tert-OH is 1. The summed E-state index contributed by atoms with van der Waals surface area (Å²) in [6, 6.07) is -0.276. The number of nitrogens with two attached hydrogens (primary N) is 2. The number of aliphatic hydroxyl groups is 1. The molecule has 0 spiro atoms. The number of ether oxygens (including phenoxy) is 1. The third kappa shape index (κ3) is 2.13. The summed E-state index contributed by atoms with van der Waals surface area (Å²) in [6.07, 6.45) is 0.757. The molecular formula is C7H16N2O2. The summed E-state index contributed by atoms with van der Waals surface area (Å²) in [4.78, 5) is 0. The second-order valence-electron chi connectivity index (χ2n) is 3.17. The maximum atomic E-state index is 9.19. The standard InChI is InChI=1S/C7H16N2O2/c1-4(8)6-3-2-5(9)7(10)11-6/h4-7,10H,2-3,8-9H2,1H3/t4-,5+,6-,7?/m0/s1. The largest absolute Gasteiger partial charge is 0.367 e. The van der Waals surface area contributed by atoms with Crippen LogP contribution in [0.15, 0.2) is 0 Å². The first kappa shape index (κ1) is 8.93. The molecule has 1 fully saturated rings. The van der Waals surface area contributed by atoms with Gasteiger partial charge in [0.25, 0.3) is 0 Å². The third-order valence-electron chi connectivity index (χ3n) is 2.05. The number of hydrogen-bond acceptors (Lipinski definition) is 4. The minimum absolute atomic E-state index is 0.0304. The molecule has 11 heavy (non-hydrogen) atoms. The first-order valence-electron chi connectivity index (χ1n) is 3.96. The molecule has 4 nitrogen and oxygen atoms in total. The Balaban J connectivity index is 2.40. The van der Waals surface area contributed by atoms with Gasteiger partial charge in [-0.1, -0.05) is 0 Å². The van der Waals surface area contributed by atoms with Crippen LogP contribution in [-0.2, 0) is 4.74 Å². The van der Waals surface area contributed by atoms with Gasteiger partial charge >= 0.3 is 0 Å². The third-order valence-corrected chi connectivity index (χ3v) is 2.05. The number of rotatable bonds is 1. The molecule has 0 aliphatic carbocycles. The van der Waals surface area contributed by atoms with E-state index in [4.69, 9.17) is 16.2 Å². The Morgan fingerprint density at radius 1 is 1.55 bits per heavy atom. The maximum absolute atomic E-state index is 9.19. The fourth-order valence-corrected chi connectivity index (χ4v) is 1.23. The summed E-state index contributed by atoms with van der Waals surface area (Å²) in [7, 11) is 0. The first-order valence-corrected chi connectivity index (χ1v) is 3.96. The second kappa shape index (κ2) is 3.49. The predicted octanol–water partition coefficient (Wildman–Crippen LogP) is -0.842. The van der Waals surface area contributed by atoms with Crippen molar-refractivity contribution in [2.24, 2.45) is 11.5 Å². The Morgan fingerprint density at radius 3 is 2.64 bits per heavy atom. The smallest absolute Gasteiger partial charge is 0.170 e. The molecule has 1 aliphatic rings. The van der Waals surface area contributed by atoms with E-state index < -0.39 is 6.29 Å². The van der Waals surface area contributed by atoms with Crippen LogP contribution in [0.25, 0.3) is 0 Å². The molecule has 5 N–H and O–H groups in total. The van der Waals surface area contributed by atoms with E-state index in [9.17, 15) is 5.11 Å². The lowest BCUT2D eigenvalue weighted by Crippen LogP contribution is -2.48. The van der Waals surface area contributed by atoms with Gasteiger partial charge in [0.2, 0.25) is 0 Å². The van der Waals surface area contributed by atoms with Crippen LogP contribution in [-0.4, -0.2) is 29.6 Å². The fraction of sp³-hybridized carbons (Fsp3) is 1.00. The van der Waals surface area contributed by atoms with Gasteiger partial charge in [0.05, 0.1) is 12.1 Å². The van der Waals surface area contributed by atoms with Gasteiger partial charge in [-0.25, -0.2) is 0 Å². The molecule has 1 saturated heterocycles. The zero-order valence-corrected chi connectivity index (χ0v) is 6.73. The van der Waals surface area contributed by atoms with Crippen LogP contribution in [0.1, 0.15) is 19.8 Å². The molecule has 1 aliphatic heterocycles.